The molecule has 2 fully saturated rings. The number of sulfonamides is 1. The number of aryl methyl sites for hydroxylation is 1. The van der Waals surface area contributed by atoms with E-state index in [2.05, 4.69) is 0 Å². The van der Waals surface area contributed by atoms with Crippen LogP contribution in [-0.2, 0) is 10.0 Å². The maximum atomic E-state index is 13.1. The first-order valence-electron chi connectivity index (χ1n) is 8.15. The molecule has 2 aromatic rings. The van der Waals surface area contributed by atoms with Gasteiger partial charge in [0.25, 0.3) is 0 Å². The second kappa shape index (κ2) is 5.26. The monoisotopic (exact) mass is 341 g/mol. The first-order valence-corrected chi connectivity index (χ1v) is 9.59. The second-order valence-electron chi connectivity index (χ2n) is 6.70. The smallest absolute Gasteiger partial charge is 0.244 e. The van der Waals surface area contributed by atoms with Gasteiger partial charge in [0.15, 0.2) is 5.78 Å². The molecule has 4 nitrogen and oxygen atoms in total. The zero-order chi connectivity index (χ0) is 16.9. The van der Waals surface area contributed by atoms with Gasteiger partial charge in [0.1, 0.15) is 5.54 Å². The van der Waals surface area contributed by atoms with Crippen LogP contribution in [0.3, 0.4) is 0 Å². The Kier molecular flexibility index (Phi) is 3.41. The van der Waals surface area contributed by atoms with Crippen molar-refractivity contribution >= 4 is 15.8 Å². The summed E-state index contributed by atoms with van der Waals surface area (Å²) in [6, 6.07) is 15.8. The molecule has 4 rings (SSSR count). The molecule has 0 N–H and O–H groups in total. The number of carbonyl (C=O) groups excluding carboxylic acids is 1. The fraction of sp³-hybridized carbons (Fsp3) is 0.316. The van der Waals surface area contributed by atoms with Crippen molar-refractivity contribution in [3.05, 3.63) is 65.7 Å². The normalized spacial score (nSPS) is 26.1. The maximum absolute atomic E-state index is 13.1. The third-order valence-electron chi connectivity index (χ3n) is 5.24. The van der Waals surface area contributed by atoms with Crippen LogP contribution < -0.4 is 0 Å². The van der Waals surface area contributed by atoms with E-state index in [-0.39, 0.29) is 16.6 Å². The van der Waals surface area contributed by atoms with Gasteiger partial charge in [-0.2, -0.15) is 4.31 Å². The van der Waals surface area contributed by atoms with E-state index in [1.807, 2.05) is 25.1 Å². The van der Waals surface area contributed by atoms with E-state index in [0.717, 1.165) is 12.0 Å². The molecule has 1 saturated heterocycles. The van der Waals surface area contributed by atoms with Crippen molar-refractivity contribution in [2.24, 2.45) is 5.92 Å². The minimum atomic E-state index is -3.66. The van der Waals surface area contributed by atoms with Gasteiger partial charge in [-0.05, 0) is 37.8 Å². The van der Waals surface area contributed by atoms with Gasteiger partial charge in [-0.1, -0.05) is 48.0 Å². The van der Waals surface area contributed by atoms with E-state index in [9.17, 15) is 13.2 Å². The van der Waals surface area contributed by atoms with Crippen LogP contribution in [0.2, 0.25) is 0 Å². The largest absolute Gasteiger partial charge is 0.292 e. The lowest BCUT2D eigenvalue weighted by Gasteiger charge is -2.26. The summed E-state index contributed by atoms with van der Waals surface area (Å²) in [6.45, 7) is 2.34. The standard InChI is InChI=1S/C19H19NO3S/c1-14-7-9-17(10-8-14)24(22,23)20-12-11-16-13-19(16,20)18(21)15-5-3-2-4-6-15/h2-10,16H,11-13H2,1H3/t16-,19+/m1/s1. The summed E-state index contributed by atoms with van der Waals surface area (Å²) in [4.78, 5) is 13.3. The molecule has 2 atom stereocenters. The van der Waals surface area contributed by atoms with Crippen LogP contribution in [0, 0.1) is 12.8 Å². The zero-order valence-corrected chi connectivity index (χ0v) is 14.3. The summed E-state index contributed by atoms with van der Waals surface area (Å²) in [5.74, 6) is 0.0757. The molecule has 0 amide bonds. The fourth-order valence-electron chi connectivity index (χ4n) is 3.84. The zero-order valence-electron chi connectivity index (χ0n) is 13.5. The summed E-state index contributed by atoms with van der Waals surface area (Å²) < 4.78 is 27.6. The van der Waals surface area contributed by atoms with Gasteiger partial charge >= 0.3 is 0 Å². The van der Waals surface area contributed by atoms with E-state index in [1.54, 1.807) is 36.4 Å². The van der Waals surface area contributed by atoms with Gasteiger partial charge in [-0.3, -0.25) is 4.79 Å². The average Bonchev–Trinajstić information content (AvgIpc) is 3.19. The van der Waals surface area contributed by atoms with Crippen molar-refractivity contribution in [3.63, 3.8) is 0 Å². The van der Waals surface area contributed by atoms with Crippen molar-refractivity contribution in [1.29, 1.82) is 0 Å². The molecule has 1 heterocycles. The van der Waals surface area contributed by atoms with Gasteiger partial charge in [0.2, 0.25) is 10.0 Å². The quantitative estimate of drug-likeness (QED) is 0.803. The molecule has 0 spiro atoms. The molecule has 0 aromatic heterocycles. The average molecular weight is 341 g/mol. The van der Waals surface area contributed by atoms with Crippen LogP contribution in [0.25, 0.3) is 0 Å². The molecular weight excluding hydrogens is 322 g/mol. The molecule has 0 unspecified atom stereocenters. The number of carbonyl (C=O) groups is 1. The summed E-state index contributed by atoms with van der Waals surface area (Å²) in [5.41, 5.74) is 0.728. The number of benzene rings is 2. The molecule has 2 aromatic carbocycles. The maximum Gasteiger partial charge on any atom is 0.244 e. The minimum Gasteiger partial charge on any atom is -0.292 e. The van der Waals surface area contributed by atoms with E-state index in [4.69, 9.17) is 0 Å². The number of nitrogens with zero attached hydrogens (tertiary/aromatic N) is 1. The number of Topliss-reactive ketones (excluding diaryl/α,β-unsaturated/α-hetero) is 1. The van der Waals surface area contributed by atoms with Crippen LogP contribution in [0.1, 0.15) is 28.8 Å². The molecule has 5 heteroatoms. The molecule has 1 aliphatic heterocycles. The van der Waals surface area contributed by atoms with E-state index >= 15 is 0 Å². The molecular formula is C19H19NO3S. The lowest BCUT2D eigenvalue weighted by Crippen LogP contribution is -2.45. The molecule has 24 heavy (non-hydrogen) atoms. The number of fused-ring (bicyclic) bond motifs is 1. The Balaban J connectivity index is 1.73. The van der Waals surface area contributed by atoms with Crippen molar-refractivity contribution in [3.8, 4) is 0 Å². The number of ketones is 1. The highest BCUT2D eigenvalue weighted by molar-refractivity contribution is 7.89. The van der Waals surface area contributed by atoms with E-state index in [0.29, 0.717) is 18.5 Å². The Morgan fingerprint density at radius 1 is 1.08 bits per heavy atom. The Morgan fingerprint density at radius 2 is 1.75 bits per heavy atom. The molecule has 1 saturated carbocycles. The Morgan fingerprint density at radius 3 is 2.38 bits per heavy atom. The minimum absolute atomic E-state index is 0.0683. The molecule has 0 radical (unpaired) electrons. The third kappa shape index (κ3) is 2.15. The molecule has 1 aliphatic carbocycles. The Labute approximate surface area is 142 Å². The van der Waals surface area contributed by atoms with Crippen LogP contribution in [-0.4, -0.2) is 30.6 Å². The highest BCUT2D eigenvalue weighted by atomic mass is 32.2. The number of hydrogen-bond donors (Lipinski definition) is 0. The molecule has 124 valence electrons. The van der Waals surface area contributed by atoms with Gasteiger partial charge in [0, 0.05) is 12.1 Å². The van der Waals surface area contributed by atoms with Gasteiger partial charge in [0.05, 0.1) is 4.90 Å². The van der Waals surface area contributed by atoms with Gasteiger partial charge in [-0.15, -0.1) is 0 Å². The highest BCUT2D eigenvalue weighted by Crippen LogP contribution is 2.58. The predicted octanol–water partition coefficient (Wildman–Crippen LogP) is 3.03. The summed E-state index contributed by atoms with van der Waals surface area (Å²) in [5, 5.41) is 0. The van der Waals surface area contributed by atoms with E-state index in [1.165, 1.54) is 4.31 Å². The topological polar surface area (TPSA) is 54.5 Å². The molecule has 2 aliphatic rings. The number of rotatable bonds is 4. The number of piperidine rings is 1. The number of hydrogen-bond acceptors (Lipinski definition) is 3. The fourth-order valence-corrected chi connectivity index (χ4v) is 5.65. The predicted molar refractivity (Wildman–Crippen MR) is 91.3 cm³/mol. The van der Waals surface area contributed by atoms with E-state index < -0.39 is 15.6 Å². The first kappa shape index (κ1) is 15.5. The summed E-state index contributed by atoms with van der Waals surface area (Å²) in [6.07, 6.45) is 1.38. The first-order chi connectivity index (χ1) is 11.5. The van der Waals surface area contributed by atoms with Crippen LogP contribution in [0.15, 0.2) is 59.5 Å². The lowest BCUT2D eigenvalue weighted by molar-refractivity contribution is 0.0885. The lowest BCUT2D eigenvalue weighted by atomic mass is 10.0. The van der Waals surface area contributed by atoms with Crippen molar-refractivity contribution in [1.82, 2.24) is 4.31 Å². The Bertz CT molecular complexity index is 890. The second-order valence-corrected chi connectivity index (χ2v) is 8.56. The van der Waals surface area contributed by atoms with Crippen LogP contribution in [0.5, 0.6) is 0 Å². The summed E-state index contributed by atoms with van der Waals surface area (Å²) >= 11 is 0. The highest BCUT2D eigenvalue weighted by Gasteiger charge is 2.69. The van der Waals surface area contributed by atoms with Crippen LogP contribution in [0.4, 0.5) is 0 Å². The van der Waals surface area contributed by atoms with Crippen molar-refractivity contribution in [2.75, 3.05) is 6.54 Å². The molecule has 0 bridgehead atoms. The van der Waals surface area contributed by atoms with Gasteiger partial charge in [-0.25, -0.2) is 8.42 Å². The Hall–Kier alpha value is -1.98. The third-order valence-corrected chi connectivity index (χ3v) is 7.19. The van der Waals surface area contributed by atoms with Crippen LogP contribution >= 0.6 is 0 Å². The van der Waals surface area contributed by atoms with Crippen molar-refractivity contribution in [2.45, 2.75) is 30.2 Å². The van der Waals surface area contributed by atoms with Gasteiger partial charge < -0.3 is 0 Å². The van der Waals surface area contributed by atoms with Crippen molar-refractivity contribution < 1.29 is 13.2 Å². The summed E-state index contributed by atoms with van der Waals surface area (Å²) in [7, 11) is -3.66. The SMILES string of the molecule is Cc1ccc(S(=O)(=O)N2CC[C@@H]3C[C@@]32C(=O)c2ccccc2)cc1.